The molecule has 0 saturated heterocycles. The Labute approximate surface area is 79.5 Å². The Kier molecular flexibility index (Phi) is 9.03. The van der Waals surface area contributed by atoms with Crippen molar-refractivity contribution in [2.45, 2.75) is 32.1 Å². The van der Waals surface area contributed by atoms with E-state index in [-0.39, 0.29) is 12.5 Å². The highest BCUT2D eigenvalue weighted by molar-refractivity contribution is 5.75. The van der Waals surface area contributed by atoms with Crippen LogP contribution in [-0.2, 0) is 4.79 Å². The summed E-state index contributed by atoms with van der Waals surface area (Å²) in [7, 11) is 0. The van der Waals surface area contributed by atoms with Crippen molar-refractivity contribution in [3.63, 3.8) is 0 Å². The van der Waals surface area contributed by atoms with Crippen LogP contribution in [0, 0.1) is 0 Å². The van der Waals surface area contributed by atoms with Crippen molar-refractivity contribution in [2.75, 3.05) is 19.7 Å². The van der Waals surface area contributed by atoms with Gasteiger partial charge >= 0.3 is 0 Å². The van der Waals surface area contributed by atoms with Crippen LogP contribution in [-0.4, -0.2) is 30.7 Å². The number of rotatable bonds is 8. The third-order valence-electron chi connectivity index (χ3n) is 1.77. The van der Waals surface area contributed by atoms with Crippen molar-refractivity contribution in [3.05, 3.63) is 0 Å². The van der Waals surface area contributed by atoms with E-state index < -0.39 is 0 Å². The molecule has 0 aromatic rings. The smallest absolute Gasteiger partial charge is 0.219 e. The Morgan fingerprint density at radius 3 is 2.62 bits per heavy atom. The van der Waals surface area contributed by atoms with Gasteiger partial charge in [0.15, 0.2) is 0 Å². The first kappa shape index (κ1) is 12.4. The van der Waals surface area contributed by atoms with Crippen molar-refractivity contribution in [3.8, 4) is 0 Å². The zero-order valence-corrected chi connectivity index (χ0v) is 8.09. The minimum Gasteiger partial charge on any atom is -0.396 e. The Morgan fingerprint density at radius 1 is 1.23 bits per heavy atom. The zero-order valence-electron chi connectivity index (χ0n) is 8.09. The lowest BCUT2D eigenvalue weighted by molar-refractivity contribution is -0.121. The summed E-state index contributed by atoms with van der Waals surface area (Å²) in [5, 5.41) is 11.3. The first-order chi connectivity index (χ1) is 6.31. The number of carbonyl (C=O) groups excluding carboxylic acids is 1. The number of nitrogens with one attached hydrogen (secondary N) is 1. The molecule has 0 atom stereocenters. The molecule has 13 heavy (non-hydrogen) atoms. The number of nitrogens with two attached hydrogens (primary N) is 1. The lowest BCUT2D eigenvalue weighted by Gasteiger charge is -2.03. The molecule has 4 N–H and O–H groups in total. The minimum atomic E-state index is 0.0745. The lowest BCUT2D eigenvalue weighted by atomic mass is 10.2. The second-order valence-electron chi connectivity index (χ2n) is 3.03. The molecule has 0 aromatic carbocycles. The van der Waals surface area contributed by atoms with E-state index in [1.807, 2.05) is 0 Å². The fourth-order valence-electron chi connectivity index (χ4n) is 0.983. The van der Waals surface area contributed by atoms with Gasteiger partial charge in [-0.25, -0.2) is 0 Å². The van der Waals surface area contributed by atoms with Crippen LogP contribution in [0.3, 0.4) is 0 Å². The number of aliphatic hydroxyl groups is 1. The molecule has 0 rings (SSSR count). The maximum Gasteiger partial charge on any atom is 0.219 e. The van der Waals surface area contributed by atoms with Gasteiger partial charge in [-0.3, -0.25) is 4.79 Å². The molecule has 0 heterocycles. The number of unbranched alkanes of at least 4 members (excludes halogenated alkanes) is 2. The molecule has 4 heteroatoms. The molecule has 0 fully saturated rings. The Hall–Kier alpha value is -0.610. The standard InChI is InChI=1S/C9H20N2O2/c10-6-2-3-7-11-9(13)5-1-4-8-12/h12H,1-8,10H2,(H,11,13). The van der Waals surface area contributed by atoms with Gasteiger partial charge in [-0.15, -0.1) is 0 Å². The van der Waals surface area contributed by atoms with E-state index in [2.05, 4.69) is 5.32 Å². The van der Waals surface area contributed by atoms with E-state index in [9.17, 15) is 4.79 Å². The molecule has 0 spiro atoms. The summed E-state index contributed by atoms with van der Waals surface area (Å²) < 4.78 is 0. The van der Waals surface area contributed by atoms with Gasteiger partial charge in [0, 0.05) is 19.6 Å². The summed E-state index contributed by atoms with van der Waals surface area (Å²) in [6, 6.07) is 0. The highest BCUT2D eigenvalue weighted by Crippen LogP contribution is 1.93. The molecule has 0 aliphatic rings. The van der Waals surface area contributed by atoms with Gasteiger partial charge in [0.1, 0.15) is 0 Å². The third kappa shape index (κ3) is 9.30. The van der Waals surface area contributed by atoms with Gasteiger partial charge in [-0.05, 0) is 32.2 Å². The van der Waals surface area contributed by atoms with E-state index in [0.29, 0.717) is 19.4 Å². The number of amides is 1. The fourth-order valence-corrected chi connectivity index (χ4v) is 0.983. The first-order valence-electron chi connectivity index (χ1n) is 4.89. The highest BCUT2D eigenvalue weighted by Gasteiger charge is 1.98. The number of aliphatic hydroxyl groups excluding tert-OH is 1. The SMILES string of the molecule is NCCCCNC(=O)CCCCO. The summed E-state index contributed by atoms with van der Waals surface area (Å²) in [5.41, 5.74) is 5.30. The first-order valence-corrected chi connectivity index (χ1v) is 4.89. The average Bonchev–Trinajstić information content (AvgIpc) is 2.13. The molecule has 0 aliphatic heterocycles. The normalized spacial score (nSPS) is 10.0. The van der Waals surface area contributed by atoms with E-state index in [4.69, 9.17) is 10.8 Å². The van der Waals surface area contributed by atoms with Crippen LogP contribution < -0.4 is 11.1 Å². The predicted octanol–water partition coefficient (Wildman–Crippen LogP) is 0.00410. The second-order valence-corrected chi connectivity index (χ2v) is 3.03. The zero-order chi connectivity index (χ0) is 9.94. The topological polar surface area (TPSA) is 75.3 Å². The van der Waals surface area contributed by atoms with Crippen LogP contribution in [0.2, 0.25) is 0 Å². The van der Waals surface area contributed by atoms with Crippen molar-refractivity contribution >= 4 is 5.91 Å². The average molecular weight is 188 g/mol. The summed E-state index contributed by atoms with van der Waals surface area (Å²) in [6.45, 7) is 1.57. The fraction of sp³-hybridized carbons (Fsp3) is 0.889. The second kappa shape index (κ2) is 9.48. The van der Waals surface area contributed by atoms with Crippen LogP contribution in [0.1, 0.15) is 32.1 Å². The number of carbonyl (C=O) groups is 1. The summed E-state index contributed by atoms with van der Waals surface area (Å²) in [4.78, 5) is 11.1. The van der Waals surface area contributed by atoms with Crippen molar-refractivity contribution in [1.82, 2.24) is 5.32 Å². The van der Waals surface area contributed by atoms with Gasteiger partial charge in [0.25, 0.3) is 0 Å². The van der Waals surface area contributed by atoms with Crippen LogP contribution in [0.15, 0.2) is 0 Å². The monoisotopic (exact) mass is 188 g/mol. The van der Waals surface area contributed by atoms with Gasteiger partial charge in [-0.1, -0.05) is 0 Å². The van der Waals surface area contributed by atoms with Crippen LogP contribution >= 0.6 is 0 Å². The van der Waals surface area contributed by atoms with E-state index in [1.165, 1.54) is 0 Å². The summed E-state index contributed by atoms with van der Waals surface area (Å²) >= 11 is 0. The van der Waals surface area contributed by atoms with Crippen molar-refractivity contribution in [1.29, 1.82) is 0 Å². The molecule has 78 valence electrons. The Balaban J connectivity index is 3.11. The predicted molar refractivity (Wildman–Crippen MR) is 52.2 cm³/mol. The summed E-state index contributed by atoms with van der Waals surface area (Å²) in [5.74, 6) is 0.0745. The van der Waals surface area contributed by atoms with Gasteiger partial charge in [0.05, 0.1) is 0 Å². The van der Waals surface area contributed by atoms with Crippen molar-refractivity contribution < 1.29 is 9.90 Å². The molecule has 0 bridgehead atoms. The van der Waals surface area contributed by atoms with E-state index >= 15 is 0 Å². The molecule has 0 aromatic heterocycles. The van der Waals surface area contributed by atoms with Crippen LogP contribution in [0.25, 0.3) is 0 Å². The third-order valence-corrected chi connectivity index (χ3v) is 1.77. The molecule has 0 saturated carbocycles. The minimum absolute atomic E-state index is 0.0745. The lowest BCUT2D eigenvalue weighted by Crippen LogP contribution is -2.24. The molecular weight excluding hydrogens is 168 g/mol. The Bertz CT molecular complexity index is 129. The largest absolute Gasteiger partial charge is 0.396 e. The van der Waals surface area contributed by atoms with Gasteiger partial charge < -0.3 is 16.2 Å². The maximum atomic E-state index is 11.1. The quantitative estimate of drug-likeness (QED) is 0.469. The van der Waals surface area contributed by atoms with Gasteiger partial charge in [-0.2, -0.15) is 0 Å². The van der Waals surface area contributed by atoms with Crippen LogP contribution in [0.5, 0.6) is 0 Å². The molecule has 0 radical (unpaired) electrons. The van der Waals surface area contributed by atoms with Crippen molar-refractivity contribution in [2.24, 2.45) is 5.73 Å². The number of hydrogen-bond acceptors (Lipinski definition) is 3. The molecule has 0 aliphatic carbocycles. The molecular formula is C9H20N2O2. The van der Waals surface area contributed by atoms with Crippen LogP contribution in [0.4, 0.5) is 0 Å². The molecule has 0 unspecified atom stereocenters. The van der Waals surface area contributed by atoms with Gasteiger partial charge in [0.2, 0.25) is 5.91 Å². The highest BCUT2D eigenvalue weighted by atomic mass is 16.2. The van der Waals surface area contributed by atoms with E-state index in [0.717, 1.165) is 25.8 Å². The molecule has 4 nitrogen and oxygen atoms in total. The maximum absolute atomic E-state index is 11.1. The number of hydrogen-bond donors (Lipinski definition) is 3. The molecule has 1 amide bonds. The Morgan fingerprint density at radius 2 is 2.00 bits per heavy atom. The summed E-state index contributed by atoms with van der Waals surface area (Å²) in [6.07, 6.45) is 3.89. The van der Waals surface area contributed by atoms with E-state index in [1.54, 1.807) is 0 Å².